The van der Waals surface area contributed by atoms with Gasteiger partial charge in [-0.3, -0.25) is 4.79 Å². The third kappa shape index (κ3) is 3.75. The van der Waals surface area contributed by atoms with Crippen molar-refractivity contribution >= 4 is 5.91 Å². The standard InChI is InChI=1S/C14H19FN2O2/c15-13-3-1-2-11(9-13)8-12(10-16)14(18)17-4-6-19-7-5-17/h1-3,9,12H,4-8,10,16H2/t12-/m1/s1. The summed E-state index contributed by atoms with van der Waals surface area (Å²) in [4.78, 5) is 14.1. The van der Waals surface area contributed by atoms with Gasteiger partial charge in [0.1, 0.15) is 5.82 Å². The van der Waals surface area contributed by atoms with Gasteiger partial charge in [-0.2, -0.15) is 0 Å². The number of rotatable bonds is 4. The van der Waals surface area contributed by atoms with E-state index in [1.54, 1.807) is 11.0 Å². The molecule has 0 aliphatic carbocycles. The Bertz CT molecular complexity index is 433. The van der Waals surface area contributed by atoms with Gasteiger partial charge >= 0.3 is 0 Å². The molecule has 2 N–H and O–H groups in total. The van der Waals surface area contributed by atoms with Crippen molar-refractivity contribution in [2.75, 3.05) is 32.8 Å². The lowest BCUT2D eigenvalue weighted by Crippen LogP contribution is -2.45. The molecule has 1 amide bonds. The zero-order chi connectivity index (χ0) is 13.7. The van der Waals surface area contributed by atoms with E-state index in [-0.39, 0.29) is 24.2 Å². The number of morpholine rings is 1. The van der Waals surface area contributed by atoms with Gasteiger partial charge in [0, 0.05) is 19.6 Å². The summed E-state index contributed by atoms with van der Waals surface area (Å²) in [6, 6.07) is 6.32. The van der Waals surface area contributed by atoms with Gasteiger partial charge in [0.05, 0.1) is 19.1 Å². The predicted molar refractivity (Wildman–Crippen MR) is 70.0 cm³/mol. The number of carbonyl (C=O) groups excluding carboxylic acids is 1. The van der Waals surface area contributed by atoms with E-state index in [1.807, 2.05) is 6.07 Å². The molecule has 1 aromatic rings. The molecule has 5 heteroatoms. The van der Waals surface area contributed by atoms with Crippen LogP contribution in [0.4, 0.5) is 4.39 Å². The van der Waals surface area contributed by atoms with Gasteiger partial charge in [-0.1, -0.05) is 12.1 Å². The van der Waals surface area contributed by atoms with Crippen LogP contribution in [-0.2, 0) is 16.0 Å². The van der Waals surface area contributed by atoms with Crippen LogP contribution in [0, 0.1) is 11.7 Å². The quantitative estimate of drug-likeness (QED) is 0.877. The normalized spacial score (nSPS) is 17.3. The molecule has 1 fully saturated rings. The van der Waals surface area contributed by atoms with Crippen LogP contribution in [0.25, 0.3) is 0 Å². The number of amides is 1. The highest BCUT2D eigenvalue weighted by Gasteiger charge is 2.24. The number of benzene rings is 1. The highest BCUT2D eigenvalue weighted by molar-refractivity contribution is 5.79. The number of nitrogens with zero attached hydrogens (tertiary/aromatic N) is 1. The summed E-state index contributed by atoms with van der Waals surface area (Å²) < 4.78 is 18.4. The van der Waals surface area contributed by atoms with E-state index in [0.717, 1.165) is 5.56 Å². The molecule has 2 rings (SSSR count). The molecule has 1 heterocycles. The van der Waals surface area contributed by atoms with Crippen LogP contribution in [0.15, 0.2) is 24.3 Å². The number of hydrogen-bond acceptors (Lipinski definition) is 3. The van der Waals surface area contributed by atoms with Crippen molar-refractivity contribution in [3.63, 3.8) is 0 Å². The molecular formula is C14H19FN2O2. The smallest absolute Gasteiger partial charge is 0.227 e. The van der Waals surface area contributed by atoms with Gasteiger partial charge in [0.2, 0.25) is 5.91 Å². The summed E-state index contributed by atoms with van der Waals surface area (Å²) >= 11 is 0. The summed E-state index contributed by atoms with van der Waals surface area (Å²) in [6.45, 7) is 2.63. The molecule has 1 aliphatic heterocycles. The fourth-order valence-corrected chi connectivity index (χ4v) is 2.26. The molecule has 0 saturated carbocycles. The average Bonchev–Trinajstić information content (AvgIpc) is 2.45. The van der Waals surface area contributed by atoms with Crippen molar-refractivity contribution in [1.82, 2.24) is 4.90 Å². The van der Waals surface area contributed by atoms with Crippen LogP contribution in [-0.4, -0.2) is 43.7 Å². The highest BCUT2D eigenvalue weighted by Crippen LogP contribution is 2.13. The van der Waals surface area contributed by atoms with Crippen LogP contribution in [0.2, 0.25) is 0 Å². The average molecular weight is 266 g/mol. The topological polar surface area (TPSA) is 55.6 Å². The largest absolute Gasteiger partial charge is 0.378 e. The van der Waals surface area contributed by atoms with Crippen LogP contribution in [0.1, 0.15) is 5.56 Å². The lowest BCUT2D eigenvalue weighted by atomic mass is 9.97. The maximum Gasteiger partial charge on any atom is 0.227 e. The Morgan fingerprint density at radius 1 is 1.42 bits per heavy atom. The van der Waals surface area contributed by atoms with Gasteiger partial charge in [-0.05, 0) is 24.1 Å². The van der Waals surface area contributed by atoms with Crippen molar-refractivity contribution in [2.45, 2.75) is 6.42 Å². The van der Waals surface area contributed by atoms with E-state index in [4.69, 9.17) is 10.5 Å². The molecule has 0 bridgehead atoms. The third-order valence-corrected chi connectivity index (χ3v) is 3.33. The fraction of sp³-hybridized carbons (Fsp3) is 0.500. The third-order valence-electron chi connectivity index (χ3n) is 3.33. The molecule has 0 aromatic heterocycles. The minimum atomic E-state index is -0.292. The van der Waals surface area contributed by atoms with Crippen LogP contribution in [0.3, 0.4) is 0 Å². The molecule has 0 radical (unpaired) electrons. The maximum absolute atomic E-state index is 13.1. The first-order valence-corrected chi connectivity index (χ1v) is 6.51. The van der Waals surface area contributed by atoms with Crippen molar-refractivity contribution in [3.05, 3.63) is 35.6 Å². The Morgan fingerprint density at radius 3 is 2.79 bits per heavy atom. The second-order valence-corrected chi connectivity index (χ2v) is 4.70. The zero-order valence-corrected chi connectivity index (χ0v) is 10.8. The molecule has 1 aromatic carbocycles. The minimum absolute atomic E-state index is 0.0371. The number of hydrogen-bond donors (Lipinski definition) is 1. The Kier molecular flexibility index (Phi) is 4.87. The summed E-state index contributed by atoms with van der Waals surface area (Å²) in [6.07, 6.45) is 0.477. The van der Waals surface area contributed by atoms with E-state index in [9.17, 15) is 9.18 Å². The number of halogens is 1. The minimum Gasteiger partial charge on any atom is -0.378 e. The number of ether oxygens (including phenoxy) is 1. The predicted octanol–water partition coefficient (Wildman–Crippen LogP) is 0.802. The lowest BCUT2D eigenvalue weighted by Gasteiger charge is -2.30. The van der Waals surface area contributed by atoms with E-state index in [0.29, 0.717) is 32.7 Å². The Hall–Kier alpha value is -1.46. The van der Waals surface area contributed by atoms with Crippen LogP contribution < -0.4 is 5.73 Å². The van der Waals surface area contributed by atoms with E-state index in [2.05, 4.69) is 0 Å². The monoisotopic (exact) mass is 266 g/mol. The highest BCUT2D eigenvalue weighted by atomic mass is 19.1. The maximum atomic E-state index is 13.1. The molecule has 104 valence electrons. The molecule has 1 aliphatic rings. The molecule has 19 heavy (non-hydrogen) atoms. The lowest BCUT2D eigenvalue weighted by molar-refractivity contribution is -0.139. The number of carbonyl (C=O) groups is 1. The molecular weight excluding hydrogens is 247 g/mol. The molecule has 4 nitrogen and oxygen atoms in total. The SMILES string of the molecule is NC[C@@H](Cc1cccc(F)c1)C(=O)N1CCOCC1. The molecule has 0 spiro atoms. The van der Waals surface area contributed by atoms with Crippen molar-refractivity contribution in [3.8, 4) is 0 Å². The van der Waals surface area contributed by atoms with E-state index < -0.39 is 0 Å². The van der Waals surface area contributed by atoms with Gasteiger partial charge in [0.15, 0.2) is 0 Å². The fourth-order valence-electron chi connectivity index (χ4n) is 2.26. The van der Waals surface area contributed by atoms with Crippen molar-refractivity contribution in [1.29, 1.82) is 0 Å². The number of nitrogens with two attached hydrogens (primary N) is 1. The Morgan fingerprint density at radius 2 is 2.16 bits per heavy atom. The second kappa shape index (κ2) is 6.63. The summed E-state index contributed by atoms with van der Waals surface area (Å²) in [5.41, 5.74) is 6.50. The molecule has 1 atom stereocenters. The van der Waals surface area contributed by atoms with Crippen LogP contribution >= 0.6 is 0 Å². The Labute approximate surface area is 112 Å². The van der Waals surface area contributed by atoms with Crippen molar-refractivity contribution in [2.24, 2.45) is 11.7 Å². The van der Waals surface area contributed by atoms with E-state index >= 15 is 0 Å². The Balaban J connectivity index is 2.00. The van der Waals surface area contributed by atoms with Gasteiger partial charge in [-0.15, -0.1) is 0 Å². The van der Waals surface area contributed by atoms with Gasteiger partial charge in [-0.25, -0.2) is 4.39 Å². The first kappa shape index (κ1) is 14.0. The first-order chi connectivity index (χ1) is 9.20. The molecule has 1 saturated heterocycles. The summed E-state index contributed by atoms with van der Waals surface area (Å²) in [5, 5.41) is 0. The summed E-state index contributed by atoms with van der Waals surface area (Å²) in [7, 11) is 0. The van der Waals surface area contributed by atoms with Gasteiger partial charge in [0.25, 0.3) is 0 Å². The molecule has 0 unspecified atom stereocenters. The summed E-state index contributed by atoms with van der Waals surface area (Å²) in [5.74, 6) is -0.540. The van der Waals surface area contributed by atoms with Crippen molar-refractivity contribution < 1.29 is 13.9 Å². The zero-order valence-electron chi connectivity index (χ0n) is 10.8. The second-order valence-electron chi connectivity index (χ2n) is 4.70. The van der Waals surface area contributed by atoms with Gasteiger partial charge < -0.3 is 15.4 Å². The first-order valence-electron chi connectivity index (χ1n) is 6.51. The van der Waals surface area contributed by atoms with E-state index in [1.165, 1.54) is 12.1 Å². The van der Waals surface area contributed by atoms with Crippen LogP contribution in [0.5, 0.6) is 0 Å².